The van der Waals surface area contributed by atoms with Crippen LogP contribution in [0.4, 0.5) is 24.7 Å². The minimum Gasteiger partial charge on any atom is -0.483 e. The van der Waals surface area contributed by atoms with Crippen LogP contribution in [0.5, 0.6) is 0 Å². The van der Waals surface area contributed by atoms with Crippen molar-refractivity contribution >= 4 is 47.0 Å². The second-order valence-corrected chi connectivity index (χ2v) is 10.7. The van der Waals surface area contributed by atoms with Crippen molar-refractivity contribution in [2.45, 2.75) is 19.0 Å². The summed E-state index contributed by atoms with van der Waals surface area (Å²) in [5.41, 5.74) is 0.127. The Morgan fingerprint density at radius 3 is 2.44 bits per heavy atom. The minimum absolute atomic E-state index is 0.0416. The lowest BCUT2D eigenvalue weighted by molar-refractivity contribution is -0.140. The fourth-order valence-corrected chi connectivity index (χ4v) is 5.70. The van der Waals surface area contributed by atoms with Crippen LogP contribution in [0.2, 0.25) is 5.02 Å². The van der Waals surface area contributed by atoms with Crippen molar-refractivity contribution in [2.75, 3.05) is 44.6 Å². The van der Waals surface area contributed by atoms with E-state index in [2.05, 4.69) is 30.8 Å². The number of halogens is 4. The Kier molecular flexibility index (Phi) is 9.53. The highest BCUT2D eigenvalue weighted by Gasteiger charge is 2.37. The SMILES string of the molecule is O=C(c1ccc(Nc2nccn3c(-c4c[nH]nc4C(F)(F)F)cnc23)cc1Cl)N1CCN(C(=O)C2CCNCC2)CC1.O=CO. The number of hydrogen-bond donors (Lipinski definition) is 4. The maximum atomic E-state index is 13.4. The third-order valence-corrected chi connectivity index (χ3v) is 7.95. The second kappa shape index (κ2) is 13.5. The predicted molar refractivity (Wildman–Crippen MR) is 157 cm³/mol. The highest BCUT2D eigenvalue weighted by Crippen LogP contribution is 2.36. The highest BCUT2D eigenvalue weighted by atomic mass is 35.5. The summed E-state index contributed by atoms with van der Waals surface area (Å²) in [6, 6.07) is 4.86. The van der Waals surface area contributed by atoms with Gasteiger partial charge in [0.15, 0.2) is 17.2 Å². The van der Waals surface area contributed by atoms with Gasteiger partial charge in [-0.05, 0) is 44.1 Å². The molecule has 2 aliphatic heterocycles. The van der Waals surface area contributed by atoms with E-state index in [-0.39, 0.29) is 51.9 Å². The van der Waals surface area contributed by atoms with Crippen LogP contribution in [-0.4, -0.2) is 97.0 Å². The Labute approximate surface area is 259 Å². The molecule has 0 radical (unpaired) electrons. The van der Waals surface area contributed by atoms with Crippen LogP contribution in [0.25, 0.3) is 16.9 Å². The Bertz CT molecular complexity index is 1680. The Hall–Kier alpha value is -4.70. The van der Waals surface area contributed by atoms with Gasteiger partial charge in [0.25, 0.3) is 12.4 Å². The first-order valence-electron chi connectivity index (χ1n) is 14.0. The zero-order valence-corrected chi connectivity index (χ0v) is 24.5. The highest BCUT2D eigenvalue weighted by molar-refractivity contribution is 6.34. The second-order valence-electron chi connectivity index (χ2n) is 10.3. The smallest absolute Gasteiger partial charge is 0.435 e. The van der Waals surface area contributed by atoms with Crippen molar-refractivity contribution in [3.05, 3.63) is 59.3 Å². The third-order valence-electron chi connectivity index (χ3n) is 7.64. The van der Waals surface area contributed by atoms with Gasteiger partial charge < -0.3 is 25.5 Å². The van der Waals surface area contributed by atoms with E-state index in [1.165, 1.54) is 29.2 Å². The monoisotopic (exact) mass is 647 g/mol. The third kappa shape index (κ3) is 6.86. The summed E-state index contributed by atoms with van der Waals surface area (Å²) >= 11 is 6.52. The number of piperazine rings is 1. The summed E-state index contributed by atoms with van der Waals surface area (Å²) in [6.45, 7) is 3.26. The quantitative estimate of drug-likeness (QED) is 0.238. The average molecular weight is 648 g/mol. The van der Waals surface area contributed by atoms with Crippen LogP contribution in [0.3, 0.4) is 0 Å². The van der Waals surface area contributed by atoms with Crippen LogP contribution in [0.15, 0.2) is 43.0 Å². The van der Waals surface area contributed by atoms with Gasteiger partial charge in [0.05, 0.1) is 28.0 Å². The van der Waals surface area contributed by atoms with Gasteiger partial charge in [-0.1, -0.05) is 11.6 Å². The number of hydrogen-bond acceptors (Lipinski definition) is 8. The summed E-state index contributed by atoms with van der Waals surface area (Å²) in [5.74, 6) is 0.264. The number of anilines is 2. The summed E-state index contributed by atoms with van der Waals surface area (Å²) in [4.78, 5) is 46.6. The average Bonchev–Trinajstić information content (AvgIpc) is 3.70. The molecule has 0 aliphatic carbocycles. The number of alkyl halides is 3. The van der Waals surface area contributed by atoms with Crippen molar-refractivity contribution in [1.82, 2.24) is 39.7 Å². The van der Waals surface area contributed by atoms with Crippen LogP contribution in [0, 0.1) is 5.92 Å². The normalized spacial score (nSPS) is 15.8. The summed E-state index contributed by atoms with van der Waals surface area (Å²) in [7, 11) is 0. The number of rotatable bonds is 5. The van der Waals surface area contributed by atoms with Crippen molar-refractivity contribution in [3.63, 3.8) is 0 Å². The van der Waals surface area contributed by atoms with Gasteiger partial charge in [0.2, 0.25) is 5.91 Å². The molecule has 2 aliphatic rings. The molecule has 0 bridgehead atoms. The van der Waals surface area contributed by atoms with Gasteiger partial charge >= 0.3 is 6.18 Å². The predicted octanol–water partition coefficient (Wildman–Crippen LogP) is 3.52. The Morgan fingerprint density at radius 1 is 1.09 bits per heavy atom. The number of carbonyl (C=O) groups excluding carboxylic acids is 2. The number of nitrogens with zero attached hydrogens (tertiary/aromatic N) is 6. The zero-order chi connectivity index (χ0) is 32.1. The molecule has 0 spiro atoms. The van der Waals surface area contributed by atoms with E-state index in [1.54, 1.807) is 23.1 Å². The van der Waals surface area contributed by atoms with Crippen molar-refractivity contribution in [3.8, 4) is 11.3 Å². The minimum atomic E-state index is -4.64. The van der Waals surface area contributed by atoms with E-state index in [9.17, 15) is 22.8 Å². The van der Waals surface area contributed by atoms with E-state index in [0.29, 0.717) is 37.4 Å². The number of carbonyl (C=O) groups is 3. The molecule has 4 N–H and O–H groups in total. The fourth-order valence-electron chi connectivity index (χ4n) is 5.44. The van der Waals surface area contributed by atoms with Gasteiger partial charge in [0, 0.05) is 56.4 Å². The van der Waals surface area contributed by atoms with Gasteiger partial charge in [-0.25, -0.2) is 9.97 Å². The van der Waals surface area contributed by atoms with Crippen molar-refractivity contribution in [1.29, 1.82) is 0 Å². The van der Waals surface area contributed by atoms with Crippen molar-refractivity contribution in [2.24, 2.45) is 5.92 Å². The fraction of sp³-hybridized carbons (Fsp3) is 0.357. The standard InChI is InChI=1S/C27H27ClF3N9O2.CH2O2/c28-20-13-17(1-2-18(20)26(42)39-11-9-38(10-12-39)25(41)16-3-5-32-6-4-16)36-23-24-34-15-21(40(24)8-7-33-23)19-14-35-37-22(19)27(29,30)31;2-1-3/h1-2,7-8,13-16,32H,3-6,9-12H2,(H,33,36)(H,35,37);1H,(H,2,3). The lowest BCUT2D eigenvalue weighted by Crippen LogP contribution is -2.52. The van der Waals surface area contributed by atoms with Crippen LogP contribution >= 0.6 is 11.6 Å². The molecule has 13 nitrogen and oxygen atoms in total. The first kappa shape index (κ1) is 31.7. The molecule has 17 heteroatoms. The molecule has 0 atom stereocenters. The van der Waals surface area contributed by atoms with E-state index < -0.39 is 11.9 Å². The molecule has 0 saturated carbocycles. The number of aromatic nitrogens is 5. The molecule has 1 aromatic carbocycles. The number of amides is 2. The summed E-state index contributed by atoms with van der Waals surface area (Å²) < 4.78 is 41.7. The van der Waals surface area contributed by atoms with Crippen LogP contribution < -0.4 is 10.6 Å². The maximum absolute atomic E-state index is 13.4. The molecule has 2 amide bonds. The molecule has 3 aromatic heterocycles. The Balaban J connectivity index is 0.00000128. The van der Waals surface area contributed by atoms with E-state index in [0.717, 1.165) is 25.9 Å². The zero-order valence-electron chi connectivity index (χ0n) is 23.7. The first-order chi connectivity index (χ1) is 21.6. The molecular formula is C28H29ClF3N9O4. The number of H-pyrrole nitrogens is 1. The van der Waals surface area contributed by atoms with Crippen LogP contribution in [-0.2, 0) is 15.8 Å². The van der Waals surface area contributed by atoms with Crippen LogP contribution in [0.1, 0.15) is 28.9 Å². The molecule has 45 heavy (non-hydrogen) atoms. The van der Waals surface area contributed by atoms with E-state index in [4.69, 9.17) is 21.5 Å². The topological polar surface area (TPSA) is 161 Å². The number of nitrogens with one attached hydrogen (secondary N) is 3. The Morgan fingerprint density at radius 2 is 1.78 bits per heavy atom. The number of fused-ring (bicyclic) bond motifs is 1. The molecule has 6 rings (SSSR count). The molecule has 4 aromatic rings. The largest absolute Gasteiger partial charge is 0.483 e. The molecule has 0 unspecified atom stereocenters. The lowest BCUT2D eigenvalue weighted by Gasteiger charge is -2.37. The maximum Gasteiger partial charge on any atom is 0.435 e. The van der Waals surface area contributed by atoms with E-state index in [1.807, 2.05) is 4.90 Å². The number of piperidine rings is 1. The number of benzene rings is 1. The van der Waals surface area contributed by atoms with E-state index >= 15 is 0 Å². The lowest BCUT2D eigenvalue weighted by atomic mass is 9.96. The number of carboxylic acid groups (broad SMARTS) is 1. The molecule has 238 valence electrons. The first-order valence-corrected chi connectivity index (χ1v) is 14.4. The molecule has 2 saturated heterocycles. The van der Waals surface area contributed by atoms with Crippen molar-refractivity contribution < 1.29 is 32.7 Å². The summed E-state index contributed by atoms with van der Waals surface area (Å²) in [5, 5.41) is 19.1. The number of imidazole rings is 1. The molecular weight excluding hydrogens is 619 g/mol. The van der Waals surface area contributed by atoms with Gasteiger partial charge in [0.1, 0.15) is 0 Å². The molecule has 2 fully saturated rings. The number of aromatic amines is 1. The summed E-state index contributed by atoms with van der Waals surface area (Å²) in [6.07, 6.45) is 2.46. The molecule has 5 heterocycles. The van der Waals surface area contributed by atoms with Gasteiger partial charge in [-0.3, -0.25) is 23.9 Å². The van der Waals surface area contributed by atoms with Gasteiger partial charge in [-0.15, -0.1) is 0 Å². The van der Waals surface area contributed by atoms with Gasteiger partial charge in [-0.2, -0.15) is 18.3 Å².